The van der Waals surface area contributed by atoms with Crippen LogP contribution >= 0.6 is 23.2 Å². The molecule has 7 nitrogen and oxygen atoms in total. The number of ether oxygens (including phenoxy) is 1. The SMILES string of the molecule is Cc1ccc(NC(=O)CC(=O)NN=Cc2cc(Cl)ccc2OCc2ccc(C#N)cc2)cc1Cl. The molecule has 0 spiro atoms. The van der Waals surface area contributed by atoms with Crippen LogP contribution in [-0.2, 0) is 16.2 Å². The Morgan fingerprint density at radius 3 is 2.53 bits per heavy atom. The normalized spacial score (nSPS) is 10.5. The average Bonchev–Trinajstić information content (AvgIpc) is 2.81. The summed E-state index contributed by atoms with van der Waals surface area (Å²) < 4.78 is 5.84. The fourth-order valence-corrected chi connectivity index (χ4v) is 3.18. The van der Waals surface area contributed by atoms with E-state index in [-0.39, 0.29) is 6.61 Å². The monoisotopic (exact) mass is 494 g/mol. The highest BCUT2D eigenvalue weighted by Gasteiger charge is 2.10. The van der Waals surface area contributed by atoms with Crippen molar-refractivity contribution in [2.24, 2.45) is 5.10 Å². The van der Waals surface area contributed by atoms with Crippen molar-refractivity contribution < 1.29 is 14.3 Å². The third kappa shape index (κ3) is 7.34. The maximum Gasteiger partial charge on any atom is 0.249 e. The Kier molecular flexibility index (Phi) is 8.63. The number of halogens is 2. The first-order valence-corrected chi connectivity index (χ1v) is 10.9. The Hall–Kier alpha value is -3.86. The van der Waals surface area contributed by atoms with Gasteiger partial charge in [0.15, 0.2) is 0 Å². The number of carbonyl (C=O) groups is 2. The summed E-state index contributed by atoms with van der Waals surface area (Å²) in [6, 6.07) is 19.2. The molecule has 9 heteroatoms. The molecule has 0 saturated carbocycles. The van der Waals surface area contributed by atoms with Crippen LogP contribution in [0.15, 0.2) is 65.8 Å². The van der Waals surface area contributed by atoms with Gasteiger partial charge in [-0.3, -0.25) is 9.59 Å². The van der Waals surface area contributed by atoms with Crippen LogP contribution < -0.4 is 15.5 Å². The van der Waals surface area contributed by atoms with E-state index in [0.29, 0.717) is 32.6 Å². The predicted octanol–water partition coefficient (Wildman–Crippen LogP) is 5.23. The molecular formula is C25H20Cl2N4O3. The molecule has 172 valence electrons. The smallest absolute Gasteiger partial charge is 0.249 e. The first-order chi connectivity index (χ1) is 16.3. The third-order valence-electron chi connectivity index (χ3n) is 4.62. The van der Waals surface area contributed by atoms with Gasteiger partial charge in [-0.1, -0.05) is 41.4 Å². The Balaban J connectivity index is 1.56. The van der Waals surface area contributed by atoms with Gasteiger partial charge in [0.25, 0.3) is 0 Å². The highest BCUT2D eigenvalue weighted by molar-refractivity contribution is 6.31. The van der Waals surface area contributed by atoms with E-state index >= 15 is 0 Å². The van der Waals surface area contributed by atoms with Crippen LogP contribution in [0.2, 0.25) is 10.0 Å². The average molecular weight is 495 g/mol. The molecule has 3 aromatic rings. The summed E-state index contributed by atoms with van der Waals surface area (Å²) in [5.41, 5.74) is 5.69. The van der Waals surface area contributed by atoms with E-state index in [1.165, 1.54) is 6.21 Å². The summed E-state index contributed by atoms with van der Waals surface area (Å²) >= 11 is 12.1. The van der Waals surface area contributed by atoms with Gasteiger partial charge in [-0.05, 0) is 60.5 Å². The quantitative estimate of drug-likeness (QED) is 0.254. The van der Waals surface area contributed by atoms with E-state index in [2.05, 4.69) is 21.9 Å². The zero-order valence-corrected chi connectivity index (χ0v) is 19.7. The van der Waals surface area contributed by atoms with Gasteiger partial charge in [-0.25, -0.2) is 5.43 Å². The number of nitrogens with one attached hydrogen (secondary N) is 2. The van der Waals surface area contributed by atoms with Crippen molar-refractivity contribution in [3.8, 4) is 11.8 Å². The summed E-state index contributed by atoms with van der Waals surface area (Å²) in [7, 11) is 0. The minimum Gasteiger partial charge on any atom is -0.488 e. The molecule has 34 heavy (non-hydrogen) atoms. The first kappa shape index (κ1) is 24.8. The zero-order valence-electron chi connectivity index (χ0n) is 18.1. The molecule has 0 saturated heterocycles. The van der Waals surface area contributed by atoms with Crippen LogP contribution in [0.5, 0.6) is 5.75 Å². The fraction of sp³-hybridized carbons (Fsp3) is 0.120. The van der Waals surface area contributed by atoms with Gasteiger partial charge in [-0.2, -0.15) is 10.4 Å². The van der Waals surface area contributed by atoms with E-state index < -0.39 is 18.2 Å². The highest BCUT2D eigenvalue weighted by Crippen LogP contribution is 2.23. The van der Waals surface area contributed by atoms with Crippen molar-refractivity contribution >= 4 is 46.9 Å². The van der Waals surface area contributed by atoms with Crippen LogP contribution in [0.25, 0.3) is 0 Å². The van der Waals surface area contributed by atoms with Crippen LogP contribution in [0.4, 0.5) is 5.69 Å². The number of hydrogen-bond donors (Lipinski definition) is 2. The topological polar surface area (TPSA) is 104 Å². The molecule has 3 rings (SSSR count). The maximum atomic E-state index is 12.1. The minimum absolute atomic E-state index is 0.268. The predicted molar refractivity (Wildman–Crippen MR) is 132 cm³/mol. The second kappa shape index (κ2) is 11.8. The molecule has 0 unspecified atom stereocenters. The van der Waals surface area contributed by atoms with Crippen molar-refractivity contribution in [3.63, 3.8) is 0 Å². The molecule has 0 aliphatic carbocycles. The molecule has 0 aliphatic rings. The van der Waals surface area contributed by atoms with Gasteiger partial charge < -0.3 is 10.1 Å². The molecule has 3 aromatic carbocycles. The fourth-order valence-electron chi connectivity index (χ4n) is 2.82. The standard InChI is InChI=1S/C25H20Cl2N4O3/c1-16-2-8-21(11-22(16)27)30-24(32)12-25(33)31-29-14-19-10-20(26)7-9-23(19)34-15-18-5-3-17(13-28)4-6-18/h2-11,14H,12,15H2,1H3,(H,30,32)(H,31,33). The second-order valence-corrected chi connectivity index (χ2v) is 8.11. The maximum absolute atomic E-state index is 12.1. The van der Waals surface area contributed by atoms with Crippen LogP contribution in [0.1, 0.15) is 28.7 Å². The Morgan fingerprint density at radius 2 is 1.82 bits per heavy atom. The summed E-state index contributed by atoms with van der Waals surface area (Å²) in [6.45, 7) is 2.12. The molecule has 0 aromatic heterocycles. The van der Waals surface area contributed by atoms with Crippen LogP contribution in [0, 0.1) is 18.3 Å². The van der Waals surface area contributed by atoms with E-state index in [1.54, 1.807) is 60.7 Å². The van der Waals surface area contributed by atoms with Crippen molar-refractivity contribution in [2.75, 3.05) is 5.32 Å². The molecule has 0 radical (unpaired) electrons. The lowest BCUT2D eigenvalue weighted by Crippen LogP contribution is -2.24. The summed E-state index contributed by atoms with van der Waals surface area (Å²) in [5.74, 6) is -0.586. The number of nitriles is 1. The first-order valence-electron chi connectivity index (χ1n) is 10.1. The highest BCUT2D eigenvalue weighted by atomic mass is 35.5. The van der Waals surface area contributed by atoms with Gasteiger partial charge in [0, 0.05) is 21.3 Å². The molecular weight excluding hydrogens is 475 g/mol. The largest absolute Gasteiger partial charge is 0.488 e. The van der Waals surface area contributed by atoms with Crippen molar-refractivity contribution in [1.82, 2.24) is 5.43 Å². The van der Waals surface area contributed by atoms with Gasteiger partial charge in [-0.15, -0.1) is 0 Å². The summed E-state index contributed by atoms with van der Waals surface area (Å²) in [6.07, 6.45) is 0.968. The summed E-state index contributed by atoms with van der Waals surface area (Å²) in [4.78, 5) is 24.2. The van der Waals surface area contributed by atoms with E-state index in [9.17, 15) is 9.59 Å². The lowest BCUT2D eigenvalue weighted by molar-refractivity contribution is -0.126. The van der Waals surface area contributed by atoms with Gasteiger partial charge in [0.05, 0.1) is 17.8 Å². The lowest BCUT2D eigenvalue weighted by atomic mass is 10.1. The van der Waals surface area contributed by atoms with Crippen molar-refractivity contribution in [3.05, 3.63) is 93.0 Å². The molecule has 0 fully saturated rings. The molecule has 0 heterocycles. The number of nitrogens with zero attached hydrogens (tertiary/aromatic N) is 2. The number of amides is 2. The van der Waals surface area contributed by atoms with E-state index in [0.717, 1.165) is 11.1 Å². The molecule has 2 amide bonds. The number of hydrazone groups is 1. The molecule has 2 N–H and O–H groups in total. The van der Waals surface area contributed by atoms with Crippen molar-refractivity contribution in [1.29, 1.82) is 5.26 Å². The van der Waals surface area contributed by atoms with Gasteiger partial charge in [0.1, 0.15) is 18.8 Å². The number of rotatable bonds is 8. The number of benzene rings is 3. The van der Waals surface area contributed by atoms with E-state index in [1.807, 2.05) is 6.92 Å². The number of anilines is 1. The molecule has 0 aliphatic heterocycles. The Bertz CT molecular complexity index is 1270. The number of aryl methyl sites for hydroxylation is 1. The van der Waals surface area contributed by atoms with Crippen LogP contribution in [-0.4, -0.2) is 18.0 Å². The summed E-state index contributed by atoms with van der Waals surface area (Å²) in [5, 5.41) is 16.4. The second-order valence-electron chi connectivity index (χ2n) is 7.26. The van der Waals surface area contributed by atoms with Gasteiger partial charge >= 0.3 is 0 Å². The number of carbonyl (C=O) groups excluding carboxylic acids is 2. The molecule has 0 atom stereocenters. The zero-order chi connectivity index (χ0) is 24.5. The van der Waals surface area contributed by atoms with Crippen molar-refractivity contribution in [2.45, 2.75) is 20.0 Å². The number of hydrogen-bond acceptors (Lipinski definition) is 5. The minimum atomic E-state index is -0.589. The molecule has 0 bridgehead atoms. The van der Waals surface area contributed by atoms with E-state index in [4.69, 9.17) is 33.2 Å². The van der Waals surface area contributed by atoms with Gasteiger partial charge in [0.2, 0.25) is 11.8 Å². The Labute approximate surface area is 207 Å². The lowest BCUT2D eigenvalue weighted by Gasteiger charge is -2.10. The van der Waals surface area contributed by atoms with Crippen LogP contribution in [0.3, 0.4) is 0 Å². The Morgan fingerprint density at radius 1 is 1.06 bits per heavy atom. The third-order valence-corrected chi connectivity index (χ3v) is 5.26.